The van der Waals surface area contributed by atoms with Gasteiger partial charge in [-0.2, -0.15) is 0 Å². The number of rotatable bonds is 11. The van der Waals surface area contributed by atoms with E-state index < -0.39 is 5.72 Å². The molecule has 1 amide bonds. The lowest BCUT2D eigenvalue weighted by atomic mass is 10.0. The highest BCUT2D eigenvalue weighted by Crippen LogP contribution is 2.41. The number of hydrogen-bond acceptors (Lipinski definition) is 5. The maximum atomic E-state index is 13.4. The van der Waals surface area contributed by atoms with Crippen LogP contribution in [-0.4, -0.2) is 44.8 Å². The first-order valence-corrected chi connectivity index (χ1v) is 12.4. The summed E-state index contributed by atoms with van der Waals surface area (Å²) in [6, 6.07) is 19.2. The zero-order chi connectivity index (χ0) is 25.8. The summed E-state index contributed by atoms with van der Waals surface area (Å²) in [5.41, 5.74) is 2.45. The number of carbonyl (C=O) groups excluding carboxylic acids is 1. The number of aliphatic hydroxyl groups is 1. The van der Waals surface area contributed by atoms with Gasteiger partial charge in [0, 0.05) is 23.5 Å². The lowest BCUT2D eigenvalue weighted by Crippen LogP contribution is -2.41. The number of amides is 1. The number of para-hydroxylation sites is 1. The van der Waals surface area contributed by atoms with Crippen LogP contribution < -0.4 is 4.74 Å². The number of pyridine rings is 1. The minimum absolute atomic E-state index is 0.172. The van der Waals surface area contributed by atoms with Crippen molar-refractivity contribution in [2.45, 2.75) is 57.7 Å². The molecule has 0 aliphatic heterocycles. The molecular weight excluding hydrogens is 456 g/mol. The largest absolute Gasteiger partial charge is 0.493 e. The topological polar surface area (TPSA) is 100.0 Å². The van der Waals surface area contributed by atoms with Crippen LogP contribution in [0.3, 0.4) is 0 Å². The van der Waals surface area contributed by atoms with Crippen molar-refractivity contribution in [3.05, 3.63) is 84.2 Å². The first kappa shape index (κ1) is 26.9. The molecule has 36 heavy (non-hydrogen) atoms. The van der Waals surface area contributed by atoms with E-state index in [0.717, 1.165) is 35.3 Å². The van der Waals surface area contributed by atoms with Gasteiger partial charge in [0.1, 0.15) is 11.5 Å². The number of aromatic nitrogens is 1. The number of unbranched alkanes of at least 4 members (excludes halogenated alkanes) is 3. The summed E-state index contributed by atoms with van der Waals surface area (Å²) in [5, 5.41) is 17.8. The Balaban J connectivity index is 0.00000115. The first-order chi connectivity index (χ1) is 17.5. The summed E-state index contributed by atoms with van der Waals surface area (Å²) in [6.45, 7) is 2.91. The molecule has 3 aromatic rings. The Bertz CT molecular complexity index is 1100. The van der Waals surface area contributed by atoms with Crippen LogP contribution in [0.5, 0.6) is 5.75 Å². The van der Waals surface area contributed by atoms with Gasteiger partial charge in [0.05, 0.1) is 13.2 Å². The fourth-order valence-corrected chi connectivity index (χ4v) is 3.95. The molecule has 7 nitrogen and oxygen atoms in total. The molecule has 1 saturated carbocycles. The molecule has 0 atom stereocenters. The van der Waals surface area contributed by atoms with E-state index in [1.54, 1.807) is 17.3 Å². The SMILES string of the molecule is CCCCCCOc1ccccc1CN(C(=O)c1ccc(-c2ccncc2)cc1)C1(O)CC1.O=CO. The fraction of sp³-hybridized carbons (Fsp3) is 0.345. The number of nitrogens with zero attached hydrogens (tertiary/aromatic N) is 2. The molecule has 1 fully saturated rings. The Morgan fingerprint density at radius 2 is 1.64 bits per heavy atom. The van der Waals surface area contributed by atoms with Crippen LogP contribution in [0.1, 0.15) is 61.4 Å². The maximum Gasteiger partial charge on any atom is 0.290 e. The molecule has 0 bridgehead atoms. The summed E-state index contributed by atoms with van der Waals surface area (Å²) in [5.74, 6) is 0.609. The standard InChI is InChI=1S/C28H32N2O3.CH2O2/c1-2-3-4-7-20-33-26-9-6-5-8-25(26)21-30(28(32)16-17-28)27(31)24-12-10-22(11-13-24)23-14-18-29-19-15-23;2-1-3/h5-6,8-15,18-19,32H,2-4,7,16-17,20-21H2,1H3;1H,(H,2,3). The van der Waals surface area contributed by atoms with Crippen molar-refractivity contribution >= 4 is 12.4 Å². The van der Waals surface area contributed by atoms with Crippen LogP contribution in [-0.2, 0) is 11.3 Å². The molecule has 2 aromatic carbocycles. The predicted molar refractivity (Wildman–Crippen MR) is 139 cm³/mol. The van der Waals surface area contributed by atoms with Gasteiger partial charge in [-0.25, -0.2) is 0 Å². The first-order valence-electron chi connectivity index (χ1n) is 12.4. The Hall–Kier alpha value is -3.71. The van der Waals surface area contributed by atoms with E-state index in [4.69, 9.17) is 14.6 Å². The third-order valence-electron chi connectivity index (χ3n) is 6.15. The van der Waals surface area contributed by atoms with Crippen molar-refractivity contribution in [1.29, 1.82) is 0 Å². The summed E-state index contributed by atoms with van der Waals surface area (Å²) in [6.07, 6.45) is 9.25. The van der Waals surface area contributed by atoms with Gasteiger partial charge in [-0.3, -0.25) is 14.6 Å². The van der Waals surface area contributed by atoms with Crippen molar-refractivity contribution in [2.75, 3.05) is 6.61 Å². The zero-order valence-corrected chi connectivity index (χ0v) is 20.7. The van der Waals surface area contributed by atoms with Crippen molar-refractivity contribution in [2.24, 2.45) is 0 Å². The predicted octanol–water partition coefficient (Wildman–Crippen LogP) is 5.53. The quantitative estimate of drug-likeness (QED) is 0.208. The van der Waals surface area contributed by atoms with Crippen LogP contribution in [0.25, 0.3) is 11.1 Å². The van der Waals surface area contributed by atoms with E-state index in [-0.39, 0.29) is 12.4 Å². The molecule has 0 radical (unpaired) electrons. The molecule has 4 rings (SSSR count). The van der Waals surface area contributed by atoms with Crippen molar-refractivity contribution < 1.29 is 24.5 Å². The molecule has 0 spiro atoms. The number of carboxylic acid groups (broad SMARTS) is 1. The van der Waals surface area contributed by atoms with E-state index in [9.17, 15) is 9.90 Å². The fourth-order valence-electron chi connectivity index (χ4n) is 3.95. The highest BCUT2D eigenvalue weighted by molar-refractivity contribution is 5.95. The van der Waals surface area contributed by atoms with Gasteiger partial charge >= 0.3 is 0 Å². The van der Waals surface area contributed by atoms with Crippen molar-refractivity contribution in [3.8, 4) is 16.9 Å². The van der Waals surface area contributed by atoms with Gasteiger partial charge in [0.25, 0.3) is 12.4 Å². The van der Waals surface area contributed by atoms with Crippen LogP contribution in [0.4, 0.5) is 0 Å². The number of hydrogen-bond donors (Lipinski definition) is 2. The second kappa shape index (κ2) is 13.4. The molecule has 1 aliphatic carbocycles. The normalized spacial score (nSPS) is 13.2. The Labute approximate surface area is 212 Å². The lowest BCUT2D eigenvalue weighted by Gasteiger charge is -2.29. The van der Waals surface area contributed by atoms with E-state index in [1.165, 1.54) is 12.8 Å². The molecule has 1 heterocycles. The molecule has 0 saturated heterocycles. The number of ether oxygens (including phenoxy) is 1. The van der Waals surface area contributed by atoms with Crippen LogP contribution in [0.2, 0.25) is 0 Å². The second-order valence-electron chi connectivity index (χ2n) is 8.81. The molecule has 2 N–H and O–H groups in total. The summed E-state index contributed by atoms with van der Waals surface area (Å²) in [7, 11) is 0. The summed E-state index contributed by atoms with van der Waals surface area (Å²) < 4.78 is 6.04. The van der Waals surface area contributed by atoms with Gasteiger partial charge in [-0.15, -0.1) is 0 Å². The van der Waals surface area contributed by atoms with Crippen molar-refractivity contribution in [3.63, 3.8) is 0 Å². The van der Waals surface area contributed by atoms with Crippen LogP contribution in [0.15, 0.2) is 73.1 Å². The third kappa shape index (κ3) is 7.39. The Kier molecular flexibility index (Phi) is 10.0. The van der Waals surface area contributed by atoms with Gasteiger partial charge in [-0.05, 0) is 60.7 Å². The summed E-state index contributed by atoms with van der Waals surface area (Å²) >= 11 is 0. The smallest absolute Gasteiger partial charge is 0.290 e. The highest BCUT2D eigenvalue weighted by atomic mass is 16.5. The monoisotopic (exact) mass is 490 g/mol. The lowest BCUT2D eigenvalue weighted by molar-refractivity contribution is -0.122. The van der Waals surface area contributed by atoms with E-state index >= 15 is 0 Å². The van der Waals surface area contributed by atoms with E-state index in [0.29, 0.717) is 31.6 Å². The average Bonchev–Trinajstić information content (AvgIpc) is 3.66. The van der Waals surface area contributed by atoms with Crippen molar-refractivity contribution in [1.82, 2.24) is 9.88 Å². The van der Waals surface area contributed by atoms with Gasteiger partial charge < -0.3 is 19.8 Å². The number of benzene rings is 2. The van der Waals surface area contributed by atoms with E-state index in [1.807, 2.05) is 60.7 Å². The molecule has 7 heteroatoms. The van der Waals surface area contributed by atoms with Crippen LogP contribution >= 0.6 is 0 Å². The average molecular weight is 491 g/mol. The van der Waals surface area contributed by atoms with Gasteiger partial charge in [0.15, 0.2) is 0 Å². The zero-order valence-electron chi connectivity index (χ0n) is 20.7. The van der Waals surface area contributed by atoms with Gasteiger partial charge in [-0.1, -0.05) is 56.5 Å². The Morgan fingerprint density at radius 3 is 2.28 bits per heavy atom. The van der Waals surface area contributed by atoms with Gasteiger partial charge in [0.2, 0.25) is 0 Å². The molecular formula is C29H34N2O5. The molecule has 190 valence electrons. The van der Waals surface area contributed by atoms with Crippen LogP contribution in [0, 0.1) is 0 Å². The summed E-state index contributed by atoms with van der Waals surface area (Å²) in [4.78, 5) is 27.4. The third-order valence-corrected chi connectivity index (χ3v) is 6.15. The molecule has 0 unspecified atom stereocenters. The molecule has 1 aliphatic rings. The maximum absolute atomic E-state index is 13.4. The minimum atomic E-state index is -1.09. The highest BCUT2D eigenvalue weighted by Gasteiger charge is 2.49. The minimum Gasteiger partial charge on any atom is -0.493 e. The molecule has 1 aromatic heterocycles. The second-order valence-corrected chi connectivity index (χ2v) is 8.81. The number of carbonyl (C=O) groups is 2. The Morgan fingerprint density at radius 1 is 1.00 bits per heavy atom. The van der Waals surface area contributed by atoms with E-state index in [2.05, 4.69) is 11.9 Å².